The van der Waals surface area contributed by atoms with Crippen LogP contribution in [0.5, 0.6) is 0 Å². The predicted molar refractivity (Wildman–Crippen MR) is 60.3 cm³/mol. The van der Waals surface area contributed by atoms with Crippen LogP contribution in [0.3, 0.4) is 0 Å². The minimum Gasteiger partial charge on any atom is -0.480 e. The third-order valence-electron chi connectivity index (χ3n) is 2.25. The quantitative estimate of drug-likeness (QED) is 0.854. The van der Waals surface area contributed by atoms with Gasteiger partial charge in [-0.3, -0.25) is 9.69 Å². The molecule has 0 amide bonds. The summed E-state index contributed by atoms with van der Waals surface area (Å²) < 4.78 is 0. The molecule has 1 aromatic rings. The summed E-state index contributed by atoms with van der Waals surface area (Å²) in [5.41, 5.74) is 0.973. The second kappa shape index (κ2) is 5.14. The summed E-state index contributed by atoms with van der Waals surface area (Å²) in [7, 11) is 3.52. The van der Waals surface area contributed by atoms with E-state index < -0.39 is 12.0 Å². The van der Waals surface area contributed by atoms with Crippen LogP contribution in [0.25, 0.3) is 0 Å². The lowest BCUT2D eigenvalue weighted by Gasteiger charge is -2.19. The van der Waals surface area contributed by atoms with E-state index in [0.29, 0.717) is 11.4 Å². The summed E-state index contributed by atoms with van der Waals surface area (Å²) in [6, 6.07) is 6.74. The van der Waals surface area contributed by atoms with Gasteiger partial charge in [0, 0.05) is 5.02 Å². The topological polar surface area (TPSA) is 40.5 Å². The van der Waals surface area contributed by atoms with Crippen LogP contribution in [0.2, 0.25) is 5.02 Å². The van der Waals surface area contributed by atoms with Crippen molar-refractivity contribution < 1.29 is 9.90 Å². The van der Waals surface area contributed by atoms with Crippen molar-refractivity contribution in [1.29, 1.82) is 0 Å². The third-order valence-corrected chi connectivity index (χ3v) is 2.50. The molecule has 0 unspecified atom stereocenters. The smallest absolute Gasteiger partial charge is 0.321 e. The molecule has 0 aliphatic carbocycles. The maximum absolute atomic E-state index is 10.9. The SMILES string of the molecule is CN(C)[C@H](Cc1ccc(Cl)cc1)C(=O)O. The molecule has 1 rings (SSSR count). The highest BCUT2D eigenvalue weighted by atomic mass is 35.5. The van der Waals surface area contributed by atoms with Crippen molar-refractivity contribution >= 4 is 17.6 Å². The minimum absolute atomic E-state index is 0.486. The Bertz CT molecular complexity index is 335. The van der Waals surface area contributed by atoms with E-state index in [1.807, 2.05) is 12.1 Å². The van der Waals surface area contributed by atoms with Crippen molar-refractivity contribution in [2.75, 3.05) is 14.1 Å². The number of carboxylic acid groups (broad SMARTS) is 1. The van der Waals surface area contributed by atoms with Crippen LogP contribution in [-0.2, 0) is 11.2 Å². The number of nitrogens with zero attached hydrogens (tertiary/aromatic N) is 1. The van der Waals surface area contributed by atoms with Crippen LogP contribution in [0.15, 0.2) is 24.3 Å². The number of hydrogen-bond acceptors (Lipinski definition) is 2. The lowest BCUT2D eigenvalue weighted by atomic mass is 10.1. The summed E-state index contributed by atoms with van der Waals surface area (Å²) in [4.78, 5) is 12.6. The third kappa shape index (κ3) is 3.53. The Labute approximate surface area is 94.3 Å². The normalized spacial score (nSPS) is 12.8. The average molecular weight is 228 g/mol. The van der Waals surface area contributed by atoms with Gasteiger partial charge in [-0.2, -0.15) is 0 Å². The lowest BCUT2D eigenvalue weighted by molar-refractivity contribution is -0.142. The fourth-order valence-corrected chi connectivity index (χ4v) is 1.46. The predicted octanol–water partition coefficient (Wildman–Crippen LogP) is 1.90. The molecule has 1 atom stereocenters. The fourth-order valence-electron chi connectivity index (χ4n) is 1.33. The van der Waals surface area contributed by atoms with Gasteiger partial charge in [0.05, 0.1) is 0 Å². The van der Waals surface area contributed by atoms with E-state index in [1.54, 1.807) is 31.1 Å². The van der Waals surface area contributed by atoms with E-state index >= 15 is 0 Å². The molecule has 0 saturated carbocycles. The van der Waals surface area contributed by atoms with Crippen LogP contribution < -0.4 is 0 Å². The molecule has 0 aliphatic rings. The van der Waals surface area contributed by atoms with Crippen LogP contribution in [0, 0.1) is 0 Å². The van der Waals surface area contributed by atoms with E-state index in [4.69, 9.17) is 16.7 Å². The van der Waals surface area contributed by atoms with Gasteiger partial charge in [0.15, 0.2) is 0 Å². The highest BCUT2D eigenvalue weighted by Crippen LogP contribution is 2.12. The minimum atomic E-state index is -0.810. The van der Waals surface area contributed by atoms with E-state index in [-0.39, 0.29) is 0 Å². The van der Waals surface area contributed by atoms with Crippen LogP contribution in [0.4, 0.5) is 0 Å². The summed E-state index contributed by atoms with van der Waals surface area (Å²) in [5.74, 6) is -0.810. The summed E-state index contributed by atoms with van der Waals surface area (Å²) in [5, 5.41) is 9.65. The monoisotopic (exact) mass is 227 g/mol. The lowest BCUT2D eigenvalue weighted by Crippen LogP contribution is -2.37. The summed E-state index contributed by atoms with van der Waals surface area (Å²) in [6.07, 6.45) is 0.486. The molecule has 0 radical (unpaired) electrons. The molecule has 0 aliphatic heterocycles. The van der Waals surface area contributed by atoms with Gasteiger partial charge in [-0.05, 0) is 38.2 Å². The maximum atomic E-state index is 10.9. The number of aliphatic carboxylic acids is 1. The number of halogens is 1. The van der Waals surface area contributed by atoms with Crippen molar-refractivity contribution in [2.45, 2.75) is 12.5 Å². The molecular formula is C11H14ClNO2. The molecule has 0 saturated heterocycles. The largest absolute Gasteiger partial charge is 0.480 e. The van der Waals surface area contributed by atoms with E-state index in [0.717, 1.165) is 5.56 Å². The summed E-state index contributed by atoms with van der Waals surface area (Å²) >= 11 is 5.75. The van der Waals surface area contributed by atoms with Crippen molar-refractivity contribution in [2.24, 2.45) is 0 Å². The molecule has 1 N–H and O–H groups in total. The molecule has 0 aromatic heterocycles. The Hall–Kier alpha value is -1.06. The van der Waals surface area contributed by atoms with Crippen molar-refractivity contribution in [3.63, 3.8) is 0 Å². The van der Waals surface area contributed by atoms with Crippen LogP contribution >= 0.6 is 11.6 Å². The van der Waals surface area contributed by atoms with E-state index in [2.05, 4.69) is 0 Å². The molecule has 3 nitrogen and oxygen atoms in total. The van der Waals surface area contributed by atoms with Crippen LogP contribution in [0.1, 0.15) is 5.56 Å². The first-order valence-corrected chi connectivity index (χ1v) is 5.02. The first-order valence-electron chi connectivity index (χ1n) is 4.64. The molecule has 82 valence electrons. The van der Waals surface area contributed by atoms with E-state index in [9.17, 15) is 4.79 Å². The Kier molecular flexibility index (Phi) is 4.12. The second-order valence-electron chi connectivity index (χ2n) is 3.65. The van der Waals surface area contributed by atoms with Gasteiger partial charge in [0.2, 0.25) is 0 Å². The molecule has 0 fully saturated rings. The molecule has 0 bridgehead atoms. The first-order chi connectivity index (χ1) is 7.00. The Morgan fingerprint density at radius 1 is 1.40 bits per heavy atom. The van der Waals surface area contributed by atoms with Crippen molar-refractivity contribution in [1.82, 2.24) is 4.90 Å². The first kappa shape index (κ1) is 12.0. The molecule has 4 heteroatoms. The fraction of sp³-hybridized carbons (Fsp3) is 0.364. The average Bonchev–Trinajstić information content (AvgIpc) is 2.15. The molecule has 15 heavy (non-hydrogen) atoms. The van der Waals surface area contributed by atoms with Gasteiger partial charge in [0.25, 0.3) is 0 Å². The maximum Gasteiger partial charge on any atom is 0.321 e. The molecule has 0 spiro atoms. The van der Waals surface area contributed by atoms with Gasteiger partial charge < -0.3 is 5.11 Å². The number of benzene rings is 1. The Balaban J connectivity index is 2.74. The van der Waals surface area contributed by atoms with Crippen LogP contribution in [-0.4, -0.2) is 36.1 Å². The van der Waals surface area contributed by atoms with Gasteiger partial charge >= 0.3 is 5.97 Å². The van der Waals surface area contributed by atoms with E-state index in [1.165, 1.54) is 0 Å². The molecule has 1 aromatic carbocycles. The van der Waals surface area contributed by atoms with Gasteiger partial charge in [-0.1, -0.05) is 23.7 Å². The zero-order chi connectivity index (χ0) is 11.4. The number of hydrogen-bond donors (Lipinski definition) is 1. The number of likely N-dealkylation sites (N-methyl/N-ethyl adjacent to an activating group) is 1. The molecular weight excluding hydrogens is 214 g/mol. The number of carboxylic acids is 1. The Morgan fingerprint density at radius 3 is 2.33 bits per heavy atom. The van der Waals surface area contributed by atoms with Gasteiger partial charge in [-0.25, -0.2) is 0 Å². The summed E-state index contributed by atoms with van der Waals surface area (Å²) in [6.45, 7) is 0. The Morgan fingerprint density at radius 2 is 1.93 bits per heavy atom. The van der Waals surface area contributed by atoms with Gasteiger partial charge in [-0.15, -0.1) is 0 Å². The highest BCUT2D eigenvalue weighted by molar-refractivity contribution is 6.30. The standard InChI is InChI=1S/C11H14ClNO2/c1-13(2)10(11(14)15)7-8-3-5-9(12)6-4-8/h3-6,10H,7H2,1-2H3,(H,14,15)/t10-/m1/s1. The number of carbonyl (C=O) groups is 1. The van der Waals surface area contributed by atoms with Gasteiger partial charge in [0.1, 0.15) is 6.04 Å². The second-order valence-corrected chi connectivity index (χ2v) is 4.08. The zero-order valence-electron chi connectivity index (χ0n) is 8.77. The number of rotatable bonds is 4. The zero-order valence-corrected chi connectivity index (χ0v) is 9.53. The molecule has 0 heterocycles. The van der Waals surface area contributed by atoms with Crippen molar-refractivity contribution in [3.8, 4) is 0 Å². The van der Waals surface area contributed by atoms with Crippen molar-refractivity contribution in [3.05, 3.63) is 34.9 Å². The highest BCUT2D eigenvalue weighted by Gasteiger charge is 2.19.